The van der Waals surface area contributed by atoms with Crippen LogP contribution < -0.4 is 0 Å². The number of rotatable bonds is 3. The van der Waals surface area contributed by atoms with E-state index in [1.165, 1.54) is 22.3 Å². The summed E-state index contributed by atoms with van der Waals surface area (Å²) < 4.78 is 0. The monoisotopic (exact) mass is 250 g/mol. The second-order valence-electron chi connectivity index (χ2n) is 5.51. The molecule has 2 aromatic carbocycles. The number of Topliss-reactive ketones (excluding diaryl/α,β-unsaturated/α-hetero) is 1. The highest BCUT2D eigenvalue weighted by Crippen LogP contribution is 2.33. The fourth-order valence-corrected chi connectivity index (χ4v) is 2.33. The van der Waals surface area contributed by atoms with E-state index in [4.69, 9.17) is 0 Å². The van der Waals surface area contributed by atoms with Crippen molar-refractivity contribution in [2.24, 2.45) is 5.92 Å². The van der Waals surface area contributed by atoms with E-state index in [0.29, 0.717) is 11.7 Å². The van der Waals surface area contributed by atoms with Crippen LogP contribution in [0.5, 0.6) is 0 Å². The van der Waals surface area contributed by atoms with E-state index < -0.39 is 0 Å². The van der Waals surface area contributed by atoms with Gasteiger partial charge in [0.05, 0.1) is 0 Å². The molecule has 0 atom stereocenters. The Kier molecular flexibility index (Phi) is 2.98. The summed E-state index contributed by atoms with van der Waals surface area (Å²) in [7, 11) is 0. The largest absolute Gasteiger partial charge is 0.294 e. The van der Waals surface area contributed by atoms with Gasteiger partial charge in [-0.2, -0.15) is 0 Å². The molecule has 1 saturated carbocycles. The summed E-state index contributed by atoms with van der Waals surface area (Å²) in [6, 6.07) is 14.5. The van der Waals surface area contributed by atoms with Gasteiger partial charge in [-0.25, -0.2) is 0 Å². The molecule has 1 aliphatic carbocycles. The van der Waals surface area contributed by atoms with Crippen LogP contribution in [0.4, 0.5) is 0 Å². The van der Waals surface area contributed by atoms with Crippen molar-refractivity contribution in [3.8, 4) is 11.1 Å². The van der Waals surface area contributed by atoms with Gasteiger partial charge in [0, 0.05) is 11.5 Å². The van der Waals surface area contributed by atoms with Crippen LogP contribution in [0.25, 0.3) is 11.1 Å². The summed E-state index contributed by atoms with van der Waals surface area (Å²) in [5.41, 5.74) is 5.86. The van der Waals surface area contributed by atoms with E-state index in [1.807, 2.05) is 12.1 Å². The van der Waals surface area contributed by atoms with Gasteiger partial charge in [-0.3, -0.25) is 4.79 Å². The predicted octanol–water partition coefficient (Wildman–Crippen LogP) is 4.56. The minimum absolute atomic E-state index is 0.299. The van der Waals surface area contributed by atoms with Gasteiger partial charge in [-0.05, 0) is 48.9 Å². The highest BCUT2D eigenvalue weighted by Gasteiger charge is 2.30. The van der Waals surface area contributed by atoms with Crippen molar-refractivity contribution in [2.45, 2.75) is 26.7 Å². The predicted molar refractivity (Wildman–Crippen MR) is 78.4 cm³/mol. The van der Waals surface area contributed by atoms with Gasteiger partial charge in [0.15, 0.2) is 5.78 Å². The zero-order chi connectivity index (χ0) is 13.4. The lowest BCUT2D eigenvalue weighted by atomic mass is 9.98. The molecule has 96 valence electrons. The van der Waals surface area contributed by atoms with Crippen molar-refractivity contribution in [3.05, 3.63) is 59.2 Å². The molecule has 0 spiro atoms. The second-order valence-corrected chi connectivity index (χ2v) is 5.51. The molecule has 0 N–H and O–H groups in total. The SMILES string of the molecule is Cc1ccc(-c2ccc(C(=O)C3CC3)cc2)cc1C. The smallest absolute Gasteiger partial charge is 0.165 e. The first-order chi connectivity index (χ1) is 9.15. The van der Waals surface area contributed by atoms with Crippen LogP contribution in [0, 0.1) is 19.8 Å². The number of carbonyl (C=O) groups is 1. The zero-order valence-corrected chi connectivity index (χ0v) is 11.4. The summed E-state index contributed by atoms with van der Waals surface area (Å²) in [5, 5.41) is 0. The van der Waals surface area contributed by atoms with Gasteiger partial charge in [0.2, 0.25) is 0 Å². The number of carbonyl (C=O) groups excluding carboxylic acids is 1. The second kappa shape index (κ2) is 4.65. The maximum absolute atomic E-state index is 12.0. The molecule has 0 amide bonds. The summed E-state index contributed by atoms with van der Waals surface area (Å²) >= 11 is 0. The fourth-order valence-electron chi connectivity index (χ4n) is 2.33. The molecule has 0 bridgehead atoms. The lowest BCUT2D eigenvalue weighted by Gasteiger charge is -2.06. The highest BCUT2D eigenvalue weighted by molar-refractivity contribution is 5.99. The van der Waals surface area contributed by atoms with Crippen molar-refractivity contribution in [2.75, 3.05) is 0 Å². The maximum Gasteiger partial charge on any atom is 0.165 e. The molecule has 0 aromatic heterocycles. The summed E-state index contributed by atoms with van der Waals surface area (Å²) in [5.74, 6) is 0.610. The third-order valence-corrected chi connectivity index (χ3v) is 3.96. The Morgan fingerprint density at radius 2 is 1.53 bits per heavy atom. The summed E-state index contributed by atoms with van der Waals surface area (Å²) in [6.45, 7) is 4.25. The number of hydrogen-bond donors (Lipinski definition) is 0. The highest BCUT2D eigenvalue weighted by atomic mass is 16.1. The molecule has 1 aliphatic rings. The fraction of sp³-hybridized carbons (Fsp3) is 0.278. The van der Waals surface area contributed by atoms with Gasteiger partial charge in [0.25, 0.3) is 0 Å². The van der Waals surface area contributed by atoms with Crippen molar-refractivity contribution in [1.29, 1.82) is 0 Å². The molecule has 0 aliphatic heterocycles. The number of benzene rings is 2. The molecular formula is C18H18O. The topological polar surface area (TPSA) is 17.1 Å². The molecule has 19 heavy (non-hydrogen) atoms. The van der Waals surface area contributed by atoms with Gasteiger partial charge < -0.3 is 0 Å². The van der Waals surface area contributed by atoms with Crippen molar-refractivity contribution in [1.82, 2.24) is 0 Å². The van der Waals surface area contributed by atoms with Crippen LogP contribution in [-0.4, -0.2) is 5.78 Å². The summed E-state index contributed by atoms with van der Waals surface area (Å²) in [6.07, 6.45) is 2.13. The molecule has 0 radical (unpaired) electrons. The van der Waals surface area contributed by atoms with Crippen LogP contribution in [0.3, 0.4) is 0 Å². The number of hydrogen-bond acceptors (Lipinski definition) is 1. The quantitative estimate of drug-likeness (QED) is 0.730. The third kappa shape index (κ3) is 2.46. The zero-order valence-electron chi connectivity index (χ0n) is 11.4. The molecule has 3 rings (SSSR count). The van der Waals surface area contributed by atoms with E-state index in [0.717, 1.165) is 18.4 Å². The third-order valence-electron chi connectivity index (χ3n) is 3.96. The van der Waals surface area contributed by atoms with Crippen LogP contribution in [-0.2, 0) is 0 Å². The Balaban J connectivity index is 1.89. The van der Waals surface area contributed by atoms with Crippen molar-refractivity contribution >= 4 is 5.78 Å². The average Bonchev–Trinajstić information content (AvgIpc) is 3.26. The lowest BCUT2D eigenvalue weighted by Crippen LogP contribution is -2.00. The number of ketones is 1. The average molecular weight is 250 g/mol. The Labute approximate surface area is 114 Å². The molecule has 1 nitrogen and oxygen atoms in total. The Morgan fingerprint density at radius 1 is 0.895 bits per heavy atom. The first-order valence-corrected chi connectivity index (χ1v) is 6.87. The van der Waals surface area contributed by atoms with Gasteiger partial charge >= 0.3 is 0 Å². The Morgan fingerprint density at radius 3 is 2.11 bits per heavy atom. The first kappa shape index (κ1) is 12.2. The molecule has 2 aromatic rings. The molecule has 0 heterocycles. The van der Waals surface area contributed by atoms with Gasteiger partial charge in [-0.15, -0.1) is 0 Å². The molecule has 1 fully saturated rings. The van der Waals surface area contributed by atoms with E-state index in [2.05, 4.69) is 44.2 Å². The van der Waals surface area contributed by atoms with E-state index >= 15 is 0 Å². The van der Waals surface area contributed by atoms with Crippen LogP contribution in [0.15, 0.2) is 42.5 Å². The molecular weight excluding hydrogens is 232 g/mol. The van der Waals surface area contributed by atoms with E-state index in [9.17, 15) is 4.79 Å². The van der Waals surface area contributed by atoms with Crippen molar-refractivity contribution < 1.29 is 4.79 Å². The van der Waals surface area contributed by atoms with Crippen molar-refractivity contribution in [3.63, 3.8) is 0 Å². The normalized spacial score (nSPS) is 14.4. The summed E-state index contributed by atoms with van der Waals surface area (Å²) in [4.78, 5) is 12.0. The molecule has 1 heteroatoms. The maximum atomic E-state index is 12.0. The standard InChI is InChI=1S/C18H18O/c1-12-3-4-17(11-13(12)2)14-5-7-15(8-6-14)18(19)16-9-10-16/h3-8,11,16H,9-10H2,1-2H3. The molecule has 0 saturated heterocycles. The Bertz CT molecular complexity index is 619. The van der Waals surface area contributed by atoms with Crippen LogP contribution in [0.1, 0.15) is 34.3 Å². The van der Waals surface area contributed by atoms with E-state index in [-0.39, 0.29) is 0 Å². The van der Waals surface area contributed by atoms with E-state index in [1.54, 1.807) is 0 Å². The number of aryl methyl sites for hydroxylation is 2. The minimum atomic E-state index is 0.299. The van der Waals surface area contributed by atoms with Crippen LogP contribution >= 0.6 is 0 Å². The Hall–Kier alpha value is -1.89. The molecule has 0 unspecified atom stereocenters. The van der Waals surface area contributed by atoms with Gasteiger partial charge in [-0.1, -0.05) is 42.5 Å². The van der Waals surface area contributed by atoms with Crippen LogP contribution in [0.2, 0.25) is 0 Å². The van der Waals surface area contributed by atoms with Gasteiger partial charge in [0.1, 0.15) is 0 Å². The first-order valence-electron chi connectivity index (χ1n) is 6.87. The minimum Gasteiger partial charge on any atom is -0.294 e. The lowest BCUT2D eigenvalue weighted by molar-refractivity contribution is 0.0967.